The maximum absolute atomic E-state index is 6.07. The molecule has 2 aliphatic heterocycles. The van der Waals surface area contributed by atoms with Gasteiger partial charge in [-0.25, -0.2) is 0 Å². The predicted octanol–water partition coefficient (Wildman–Crippen LogP) is 4.67. The Hall–Kier alpha value is -0.0800. The SMILES string of the molecule is CC(CC1CO[C@H](C)CC1(C)C)[C@H]1CC(C)(C)CCO1. The van der Waals surface area contributed by atoms with Gasteiger partial charge in [-0.3, -0.25) is 0 Å². The summed E-state index contributed by atoms with van der Waals surface area (Å²) in [6.07, 6.45) is 5.68. The minimum absolute atomic E-state index is 0.399. The first kappa shape index (κ1) is 16.3. The molecule has 2 nitrogen and oxygen atoms in total. The van der Waals surface area contributed by atoms with Gasteiger partial charge in [0.05, 0.1) is 18.8 Å². The van der Waals surface area contributed by atoms with Crippen LogP contribution >= 0.6 is 0 Å². The van der Waals surface area contributed by atoms with Crippen molar-refractivity contribution < 1.29 is 9.47 Å². The van der Waals surface area contributed by atoms with E-state index in [2.05, 4.69) is 41.5 Å². The van der Waals surface area contributed by atoms with Crippen molar-refractivity contribution in [1.82, 2.24) is 0 Å². The van der Waals surface area contributed by atoms with Gasteiger partial charge in [-0.05, 0) is 55.3 Å². The number of hydrogen-bond donors (Lipinski definition) is 0. The van der Waals surface area contributed by atoms with Gasteiger partial charge in [0.25, 0.3) is 0 Å². The molecule has 2 saturated heterocycles. The van der Waals surface area contributed by atoms with E-state index in [1.54, 1.807) is 0 Å². The molecule has 2 heteroatoms. The van der Waals surface area contributed by atoms with E-state index in [-0.39, 0.29) is 0 Å². The van der Waals surface area contributed by atoms with Crippen molar-refractivity contribution in [1.29, 1.82) is 0 Å². The smallest absolute Gasteiger partial charge is 0.0605 e. The molecule has 2 rings (SSSR count). The van der Waals surface area contributed by atoms with E-state index in [0.29, 0.717) is 34.9 Å². The molecule has 0 aromatic heterocycles. The molecule has 0 radical (unpaired) electrons. The summed E-state index contributed by atoms with van der Waals surface area (Å²) in [5.41, 5.74) is 0.848. The van der Waals surface area contributed by atoms with Crippen LogP contribution in [0.5, 0.6) is 0 Å². The first-order chi connectivity index (χ1) is 9.20. The standard InChI is InChI=1S/C18H34O2/c1-13(16-11-17(3,4)7-8-19-16)9-15-12-20-14(2)10-18(15,5)6/h13-16H,7-12H2,1-6H3/t13?,14-,15?,16-/m1/s1. The largest absolute Gasteiger partial charge is 0.378 e. The number of rotatable bonds is 3. The van der Waals surface area contributed by atoms with E-state index in [1.165, 1.54) is 25.7 Å². The molecule has 2 fully saturated rings. The summed E-state index contributed by atoms with van der Waals surface area (Å²) < 4.78 is 12.0. The second-order valence-corrected chi connectivity index (χ2v) is 8.77. The Balaban J connectivity index is 1.92. The van der Waals surface area contributed by atoms with Gasteiger partial charge in [0.1, 0.15) is 0 Å². The van der Waals surface area contributed by atoms with Crippen LogP contribution in [0, 0.1) is 22.7 Å². The van der Waals surface area contributed by atoms with Crippen LogP contribution < -0.4 is 0 Å². The van der Waals surface area contributed by atoms with E-state index in [4.69, 9.17) is 9.47 Å². The van der Waals surface area contributed by atoms with Gasteiger partial charge in [0.15, 0.2) is 0 Å². The van der Waals surface area contributed by atoms with Crippen LogP contribution in [-0.2, 0) is 9.47 Å². The molecule has 4 atom stereocenters. The van der Waals surface area contributed by atoms with E-state index < -0.39 is 0 Å². The van der Waals surface area contributed by atoms with Crippen LogP contribution in [0.4, 0.5) is 0 Å². The first-order valence-corrected chi connectivity index (χ1v) is 8.43. The first-order valence-electron chi connectivity index (χ1n) is 8.43. The van der Waals surface area contributed by atoms with Crippen molar-refractivity contribution in [3.05, 3.63) is 0 Å². The summed E-state index contributed by atoms with van der Waals surface area (Å²) in [7, 11) is 0. The Bertz CT molecular complexity index is 321. The minimum Gasteiger partial charge on any atom is -0.378 e. The molecule has 0 aliphatic carbocycles. The lowest BCUT2D eigenvalue weighted by Gasteiger charge is -2.44. The Morgan fingerprint density at radius 2 is 1.80 bits per heavy atom. The van der Waals surface area contributed by atoms with Crippen LogP contribution in [0.25, 0.3) is 0 Å². The molecule has 20 heavy (non-hydrogen) atoms. The van der Waals surface area contributed by atoms with Crippen molar-refractivity contribution >= 4 is 0 Å². The van der Waals surface area contributed by atoms with Crippen molar-refractivity contribution in [2.45, 2.75) is 79.4 Å². The third kappa shape index (κ3) is 3.98. The number of ether oxygens (including phenoxy) is 2. The maximum Gasteiger partial charge on any atom is 0.0605 e. The Labute approximate surface area is 125 Å². The average Bonchev–Trinajstić information content (AvgIpc) is 2.30. The highest BCUT2D eigenvalue weighted by Gasteiger charge is 2.39. The molecule has 118 valence electrons. The highest BCUT2D eigenvalue weighted by Crippen LogP contribution is 2.43. The summed E-state index contributed by atoms with van der Waals surface area (Å²) in [4.78, 5) is 0. The molecule has 2 unspecified atom stereocenters. The zero-order chi connectivity index (χ0) is 15.0. The van der Waals surface area contributed by atoms with Crippen molar-refractivity contribution in [3.8, 4) is 0 Å². The molecule has 0 N–H and O–H groups in total. The molecular formula is C18H34O2. The second kappa shape index (κ2) is 5.96. The molecule has 0 aromatic carbocycles. The van der Waals surface area contributed by atoms with E-state index in [1.807, 2.05) is 0 Å². The lowest BCUT2D eigenvalue weighted by Crippen LogP contribution is -2.42. The summed E-state index contributed by atoms with van der Waals surface area (Å²) in [6.45, 7) is 16.0. The molecule has 0 spiro atoms. The highest BCUT2D eigenvalue weighted by molar-refractivity contribution is 4.88. The van der Waals surface area contributed by atoms with Crippen molar-refractivity contribution in [2.24, 2.45) is 22.7 Å². The molecule has 0 amide bonds. The van der Waals surface area contributed by atoms with E-state index in [9.17, 15) is 0 Å². The fraction of sp³-hybridized carbons (Fsp3) is 1.00. The van der Waals surface area contributed by atoms with Gasteiger partial charge in [0.2, 0.25) is 0 Å². The summed E-state index contributed by atoms with van der Waals surface area (Å²) in [6, 6.07) is 0. The third-order valence-electron chi connectivity index (χ3n) is 5.66. The Morgan fingerprint density at radius 3 is 2.40 bits per heavy atom. The molecular weight excluding hydrogens is 248 g/mol. The van der Waals surface area contributed by atoms with Crippen molar-refractivity contribution in [3.63, 3.8) is 0 Å². The van der Waals surface area contributed by atoms with Crippen LogP contribution in [0.1, 0.15) is 67.2 Å². The summed E-state index contributed by atoms with van der Waals surface area (Å²) in [5.74, 6) is 1.30. The quantitative estimate of drug-likeness (QED) is 0.749. The average molecular weight is 282 g/mol. The minimum atomic E-state index is 0.399. The van der Waals surface area contributed by atoms with Gasteiger partial charge in [0, 0.05) is 6.61 Å². The van der Waals surface area contributed by atoms with Gasteiger partial charge in [-0.15, -0.1) is 0 Å². The zero-order valence-electron chi connectivity index (χ0n) is 14.4. The summed E-state index contributed by atoms with van der Waals surface area (Å²) >= 11 is 0. The van der Waals surface area contributed by atoms with Crippen LogP contribution in [-0.4, -0.2) is 25.4 Å². The van der Waals surface area contributed by atoms with E-state index >= 15 is 0 Å². The molecule has 2 heterocycles. The summed E-state index contributed by atoms with van der Waals surface area (Å²) in [5, 5.41) is 0. The van der Waals surface area contributed by atoms with Crippen molar-refractivity contribution in [2.75, 3.05) is 13.2 Å². The van der Waals surface area contributed by atoms with Gasteiger partial charge in [-0.2, -0.15) is 0 Å². The Morgan fingerprint density at radius 1 is 1.10 bits per heavy atom. The van der Waals surface area contributed by atoms with Gasteiger partial charge < -0.3 is 9.47 Å². The molecule has 0 bridgehead atoms. The topological polar surface area (TPSA) is 18.5 Å². The van der Waals surface area contributed by atoms with E-state index in [0.717, 1.165) is 13.2 Å². The van der Waals surface area contributed by atoms with Crippen LogP contribution in [0.3, 0.4) is 0 Å². The maximum atomic E-state index is 6.07. The number of hydrogen-bond acceptors (Lipinski definition) is 2. The fourth-order valence-electron chi connectivity index (χ4n) is 4.02. The second-order valence-electron chi connectivity index (χ2n) is 8.77. The van der Waals surface area contributed by atoms with Gasteiger partial charge in [-0.1, -0.05) is 34.6 Å². The lowest BCUT2D eigenvalue weighted by atomic mass is 9.68. The highest BCUT2D eigenvalue weighted by atomic mass is 16.5. The molecule has 0 aromatic rings. The molecule has 0 saturated carbocycles. The Kier molecular flexibility index (Phi) is 4.86. The van der Waals surface area contributed by atoms with Crippen LogP contribution in [0.15, 0.2) is 0 Å². The normalized spacial score (nSPS) is 38.4. The fourth-order valence-corrected chi connectivity index (χ4v) is 4.02. The van der Waals surface area contributed by atoms with Crippen LogP contribution in [0.2, 0.25) is 0 Å². The monoisotopic (exact) mass is 282 g/mol. The molecule has 2 aliphatic rings. The predicted molar refractivity (Wildman–Crippen MR) is 83.8 cm³/mol. The third-order valence-corrected chi connectivity index (χ3v) is 5.66. The lowest BCUT2D eigenvalue weighted by molar-refractivity contribution is -0.0997. The van der Waals surface area contributed by atoms with Gasteiger partial charge >= 0.3 is 0 Å². The zero-order valence-corrected chi connectivity index (χ0v) is 14.4.